The topological polar surface area (TPSA) is 64.0 Å². The van der Waals surface area contributed by atoms with Crippen LogP contribution in [0.2, 0.25) is 0 Å². The molecule has 0 aliphatic heterocycles. The van der Waals surface area contributed by atoms with E-state index in [9.17, 15) is 31.5 Å². The predicted molar refractivity (Wildman–Crippen MR) is 93.9 cm³/mol. The van der Waals surface area contributed by atoms with Crippen LogP contribution >= 0.6 is 0 Å². The van der Waals surface area contributed by atoms with Gasteiger partial charge in [0.25, 0.3) is 5.91 Å². The van der Waals surface area contributed by atoms with Gasteiger partial charge in [-0.25, -0.2) is 13.5 Å². The second-order valence-corrected chi connectivity index (χ2v) is 6.04. The lowest BCUT2D eigenvalue weighted by atomic mass is 10.1. The molecule has 0 bridgehead atoms. The van der Waals surface area contributed by atoms with Crippen LogP contribution in [0, 0.1) is 18.6 Å². The molecule has 1 aromatic heterocycles. The van der Waals surface area contributed by atoms with Crippen LogP contribution in [0.15, 0.2) is 53.3 Å². The summed E-state index contributed by atoms with van der Waals surface area (Å²) in [7, 11) is 0. The Kier molecular flexibility index (Phi) is 5.19. The van der Waals surface area contributed by atoms with Crippen molar-refractivity contribution in [2.24, 2.45) is 0 Å². The molecule has 29 heavy (non-hydrogen) atoms. The molecule has 0 fully saturated rings. The molecule has 0 aliphatic carbocycles. The minimum Gasteiger partial charge on any atom is -0.320 e. The summed E-state index contributed by atoms with van der Waals surface area (Å²) in [5, 5.41) is 5.87. The zero-order valence-electron chi connectivity index (χ0n) is 14.7. The van der Waals surface area contributed by atoms with E-state index in [1.807, 2.05) is 0 Å². The lowest BCUT2D eigenvalue weighted by Crippen LogP contribution is -2.27. The first-order valence-corrected chi connectivity index (χ1v) is 8.11. The number of aryl methyl sites for hydroxylation is 1. The molecule has 0 saturated heterocycles. The summed E-state index contributed by atoms with van der Waals surface area (Å²) in [5.74, 6) is -3.05. The highest BCUT2D eigenvalue weighted by atomic mass is 19.4. The number of rotatable bonds is 3. The first kappa shape index (κ1) is 20.2. The molecule has 0 radical (unpaired) electrons. The average Bonchev–Trinajstić information content (AvgIpc) is 2.60. The predicted octanol–water partition coefficient (Wildman–Crippen LogP) is 4.09. The number of anilines is 1. The molecule has 0 saturated carbocycles. The molecule has 0 aliphatic rings. The van der Waals surface area contributed by atoms with Crippen LogP contribution in [0.3, 0.4) is 0 Å². The minimum absolute atomic E-state index is 0.0556. The van der Waals surface area contributed by atoms with E-state index in [-0.39, 0.29) is 17.1 Å². The Morgan fingerprint density at radius 1 is 1.03 bits per heavy atom. The van der Waals surface area contributed by atoms with E-state index in [4.69, 9.17) is 0 Å². The summed E-state index contributed by atoms with van der Waals surface area (Å²) in [6.07, 6.45) is -4.70. The Labute approximate surface area is 160 Å². The van der Waals surface area contributed by atoms with Crippen molar-refractivity contribution in [2.45, 2.75) is 13.1 Å². The number of hydrogen-bond donors (Lipinski definition) is 1. The fraction of sp³-hybridized carbons (Fsp3) is 0.105. The molecular weight excluding hydrogens is 397 g/mol. The summed E-state index contributed by atoms with van der Waals surface area (Å²) < 4.78 is 67.3. The summed E-state index contributed by atoms with van der Waals surface area (Å²) in [6, 6.07) is 7.66. The van der Waals surface area contributed by atoms with Crippen LogP contribution in [0.5, 0.6) is 0 Å². The van der Waals surface area contributed by atoms with Crippen LogP contribution in [-0.4, -0.2) is 15.7 Å². The Morgan fingerprint density at radius 2 is 1.66 bits per heavy atom. The van der Waals surface area contributed by atoms with E-state index in [1.165, 1.54) is 19.1 Å². The summed E-state index contributed by atoms with van der Waals surface area (Å²) in [6.45, 7) is 1.35. The van der Waals surface area contributed by atoms with Crippen molar-refractivity contribution >= 4 is 11.6 Å². The molecular formula is C19H12F5N3O2. The van der Waals surface area contributed by atoms with Crippen molar-refractivity contribution in [3.63, 3.8) is 0 Å². The van der Waals surface area contributed by atoms with E-state index in [0.717, 1.165) is 35.0 Å². The fourth-order valence-corrected chi connectivity index (χ4v) is 2.66. The van der Waals surface area contributed by atoms with E-state index in [0.29, 0.717) is 6.07 Å². The van der Waals surface area contributed by atoms with Gasteiger partial charge in [0, 0.05) is 23.5 Å². The minimum atomic E-state index is -4.70. The van der Waals surface area contributed by atoms with Gasteiger partial charge in [-0.05, 0) is 31.2 Å². The zero-order valence-corrected chi connectivity index (χ0v) is 14.7. The molecule has 2 aromatic carbocycles. The number of carbonyl (C=O) groups is 1. The Hall–Kier alpha value is -3.56. The molecule has 5 nitrogen and oxygen atoms in total. The van der Waals surface area contributed by atoms with Gasteiger partial charge in [-0.15, -0.1) is 0 Å². The monoisotopic (exact) mass is 409 g/mol. The Bertz CT molecular complexity index is 1140. The van der Waals surface area contributed by atoms with Gasteiger partial charge in [0.1, 0.15) is 11.6 Å². The molecule has 0 atom stereocenters. The van der Waals surface area contributed by atoms with Crippen molar-refractivity contribution in [3.8, 4) is 5.69 Å². The van der Waals surface area contributed by atoms with Crippen molar-refractivity contribution in [1.29, 1.82) is 0 Å². The second-order valence-electron chi connectivity index (χ2n) is 6.04. The summed E-state index contributed by atoms with van der Waals surface area (Å²) in [5.41, 5.74) is -3.23. The third-order valence-electron chi connectivity index (χ3n) is 3.88. The van der Waals surface area contributed by atoms with Gasteiger partial charge in [0.15, 0.2) is 5.69 Å². The molecule has 3 aromatic rings. The quantitative estimate of drug-likeness (QED) is 0.663. The number of alkyl halides is 3. The van der Waals surface area contributed by atoms with Gasteiger partial charge < -0.3 is 5.32 Å². The average molecular weight is 409 g/mol. The smallest absolute Gasteiger partial charge is 0.320 e. The maximum atomic E-state index is 13.3. The standard InChI is InChI=1S/C19H12F5N3O2/c1-10-6-16(28)17(18(29)25-13-8-11(20)7-12(21)9-13)26-27(10)15-5-3-2-4-14(15)19(22,23)24/h2-9H,1H3,(H,25,29). The summed E-state index contributed by atoms with van der Waals surface area (Å²) >= 11 is 0. The zero-order chi connectivity index (χ0) is 21.3. The number of nitrogens with zero attached hydrogens (tertiary/aromatic N) is 2. The number of benzene rings is 2. The molecule has 3 rings (SSSR count). The normalized spacial score (nSPS) is 11.4. The Balaban J connectivity index is 2.07. The highest BCUT2D eigenvalue weighted by molar-refractivity contribution is 6.02. The van der Waals surface area contributed by atoms with Crippen LogP contribution in [0.25, 0.3) is 5.69 Å². The van der Waals surface area contributed by atoms with E-state index >= 15 is 0 Å². The highest BCUT2D eigenvalue weighted by Gasteiger charge is 2.34. The maximum Gasteiger partial charge on any atom is 0.418 e. The van der Waals surface area contributed by atoms with Gasteiger partial charge >= 0.3 is 6.18 Å². The number of nitrogens with one attached hydrogen (secondary N) is 1. The molecule has 0 spiro atoms. The SMILES string of the molecule is Cc1cc(=O)c(C(=O)Nc2cc(F)cc(F)c2)nn1-c1ccccc1C(F)(F)F. The second kappa shape index (κ2) is 7.46. The van der Waals surface area contributed by atoms with Gasteiger partial charge in [-0.3, -0.25) is 9.59 Å². The first-order chi connectivity index (χ1) is 13.6. The molecule has 1 N–H and O–H groups in total. The third-order valence-corrected chi connectivity index (χ3v) is 3.88. The summed E-state index contributed by atoms with van der Waals surface area (Å²) in [4.78, 5) is 24.5. The largest absolute Gasteiger partial charge is 0.418 e. The van der Waals surface area contributed by atoms with Crippen LogP contribution in [0.1, 0.15) is 21.7 Å². The lowest BCUT2D eigenvalue weighted by molar-refractivity contribution is -0.137. The number of carbonyl (C=O) groups excluding carboxylic acids is 1. The van der Waals surface area contributed by atoms with Crippen molar-refractivity contribution in [1.82, 2.24) is 9.78 Å². The Morgan fingerprint density at radius 3 is 2.28 bits per heavy atom. The number of aromatic nitrogens is 2. The molecule has 10 heteroatoms. The van der Waals surface area contributed by atoms with Crippen molar-refractivity contribution in [2.75, 3.05) is 5.32 Å². The molecule has 1 heterocycles. The van der Waals surface area contributed by atoms with Gasteiger partial charge in [-0.1, -0.05) is 12.1 Å². The van der Waals surface area contributed by atoms with Crippen LogP contribution in [0.4, 0.5) is 27.6 Å². The molecule has 150 valence electrons. The van der Waals surface area contributed by atoms with E-state index < -0.39 is 40.4 Å². The van der Waals surface area contributed by atoms with Gasteiger partial charge in [0.05, 0.1) is 11.3 Å². The van der Waals surface area contributed by atoms with Crippen LogP contribution < -0.4 is 10.7 Å². The maximum absolute atomic E-state index is 13.3. The number of hydrogen-bond acceptors (Lipinski definition) is 3. The molecule has 0 unspecified atom stereocenters. The van der Waals surface area contributed by atoms with E-state index in [2.05, 4.69) is 10.4 Å². The highest BCUT2D eigenvalue weighted by Crippen LogP contribution is 2.33. The lowest BCUT2D eigenvalue weighted by Gasteiger charge is -2.16. The number of para-hydroxylation sites is 1. The van der Waals surface area contributed by atoms with Crippen molar-refractivity contribution < 1.29 is 26.7 Å². The molecule has 1 amide bonds. The van der Waals surface area contributed by atoms with Crippen molar-refractivity contribution in [3.05, 3.63) is 87.3 Å². The number of halogens is 5. The van der Waals surface area contributed by atoms with Crippen LogP contribution in [-0.2, 0) is 6.18 Å². The fourth-order valence-electron chi connectivity index (χ4n) is 2.66. The van der Waals surface area contributed by atoms with Gasteiger partial charge in [-0.2, -0.15) is 18.3 Å². The first-order valence-electron chi connectivity index (χ1n) is 8.11. The number of amides is 1. The van der Waals surface area contributed by atoms with Gasteiger partial charge in [0.2, 0.25) is 5.43 Å². The van der Waals surface area contributed by atoms with E-state index in [1.54, 1.807) is 0 Å². The third kappa shape index (κ3) is 4.31.